The molecule has 0 atom stereocenters. The summed E-state index contributed by atoms with van der Waals surface area (Å²) in [5.41, 5.74) is 1.44. The van der Waals surface area contributed by atoms with Crippen LogP contribution in [0, 0.1) is 13.8 Å². The normalized spacial score (nSPS) is 17.8. The van der Waals surface area contributed by atoms with Crippen LogP contribution in [-0.2, 0) is 15.6 Å². The average Bonchev–Trinajstić information content (AvgIpc) is 2.62. The van der Waals surface area contributed by atoms with Gasteiger partial charge in [0.15, 0.2) is 0 Å². The lowest BCUT2D eigenvalue weighted by Gasteiger charge is -2.37. The van der Waals surface area contributed by atoms with Crippen molar-refractivity contribution in [3.05, 3.63) is 53.3 Å². The molecule has 1 fully saturated rings. The molecule has 0 spiro atoms. The molecule has 2 aromatic rings. The molecule has 1 saturated heterocycles. The highest BCUT2D eigenvalue weighted by Crippen LogP contribution is 2.35. The summed E-state index contributed by atoms with van der Waals surface area (Å²) in [5, 5.41) is 10.9. The van der Waals surface area contributed by atoms with Crippen LogP contribution in [0.15, 0.2) is 41.4 Å². The Bertz CT molecular complexity index is 886. The van der Waals surface area contributed by atoms with Gasteiger partial charge in [0.1, 0.15) is 16.2 Å². The second-order valence-electron chi connectivity index (χ2n) is 6.81. The smallest absolute Gasteiger partial charge is 0.246 e. The predicted molar refractivity (Wildman–Crippen MR) is 98.6 cm³/mol. The number of methoxy groups -OCH3 is 1. The Morgan fingerprint density at radius 1 is 1.12 bits per heavy atom. The third kappa shape index (κ3) is 3.47. The zero-order valence-corrected chi connectivity index (χ0v) is 16.1. The Morgan fingerprint density at radius 2 is 1.77 bits per heavy atom. The van der Waals surface area contributed by atoms with E-state index in [1.807, 2.05) is 26.0 Å². The molecule has 0 saturated carbocycles. The van der Waals surface area contributed by atoms with E-state index in [-0.39, 0.29) is 18.0 Å². The summed E-state index contributed by atoms with van der Waals surface area (Å²) in [6.45, 7) is 4.27. The molecule has 3 rings (SSSR count). The summed E-state index contributed by atoms with van der Waals surface area (Å²) in [5.74, 6) is 0.339. The van der Waals surface area contributed by atoms with E-state index in [9.17, 15) is 13.5 Å². The van der Waals surface area contributed by atoms with Crippen molar-refractivity contribution in [1.29, 1.82) is 0 Å². The maximum absolute atomic E-state index is 13.0. The summed E-state index contributed by atoms with van der Waals surface area (Å²) < 4.78 is 32.7. The molecule has 1 aliphatic rings. The second-order valence-corrected chi connectivity index (χ2v) is 8.72. The molecule has 1 aliphatic heterocycles. The van der Waals surface area contributed by atoms with Gasteiger partial charge in [-0.1, -0.05) is 12.1 Å². The molecular formula is C19H24N2O4S. The first kappa shape index (κ1) is 18.8. The number of aromatic nitrogens is 1. The van der Waals surface area contributed by atoms with Crippen LogP contribution in [0.1, 0.15) is 29.7 Å². The van der Waals surface area contributed by atoms with Gasteiger partial charge in [-0.2, -0.15) is 4.31 Å². The standard InChI is InChI=1S/C19H24N2O4S/c1-14-4-6-17(16(12-14)25-3)26(23,24)21-10-8-19(22,9-11-21)18-7-5-15(2)13-20-18/h4-7,12-13,22H,8-11H2,1-3H3. The van der Waals surface area contributed by atoms with Crippen LogP contribution in [0.25, 0.3) is 0 Å². The fourth-order valence-electron chi connectivity index (χ4n) is 3.22. The van der Waals surface area contributed by atoms with Crippen molar-refractivity contribution in [3.63, 3.8) is 0 Å². The van der Waals surface area contributed by atoms with Gasteiger partial charge < -0.3 is 9.84 Å². The Morgan fingerprint density at radius 3 is 2.35 bits per heavy atom. The fraction of sp³-hybridized carbons (Fsp3) is 0.421. The van der Waals surface area contributed by atoms with E-state index in [2.05, 4.69) is 4.98 Å². The SMILES string of the molecule is COc1cc(C)ccc1S(=O)(=O)N1CCC(O)(c2ccc(C)cn2)CC1. The third-order valence-electron chi connectivity index (χ3n) is 4.87. The van der Waals surface area contributed by atoms with Gasteiger partial charge in [0, 0.05) is 19.3 Å². The summed E-state index contributed by atoms with van der Waals surface area (Å²) >= 11 is 0. The van der Waals surface area contributed by atoms with Gasteiger partial charge in [0.05, 0.1) is 12.8 Å². The van der Waals surface area contributed by atoms with Gasteiger partial charge in [0.2, 0.25) is 10.0 Å². The topological polar surface area (TPSA) is 79.7 Å². The summed E-state index contributed by atoms with van der Waals surface area (Å²) in [6, 6.07) is 8.75. The number of piperidine rings is 1. The lowest BCUT2D eigenvalue weighted by atomic mass is 9.88. The monoisotopic (exact) mass is 376 g/mol. The number of aryl methyl sites for hydroxylation is 2. The highest BCUT2D eigenvalue weighted by atomic mass is 32.2. The summed E-state index contributed by atoms with van der Waals surface area (Å²) in [4.78, 5) is 4.48. The van der Waals surface area contributed by atoms with Crippen LogP contribution in [-0.4, -0.2) is 43.0 Å². The number of nitrogens with zero attached hydrogens (tertiary/aromatic N) is 2. The zero-order chi connectivity index (χ0) is 18.9. The van der Waals surface area contributed by atoms with Crippen molar-refractivity contribution in [2.45, 2.75) is 37.2 Å². The number of benzene rings is 1. The van der Waals surface area contributed by atoms with Gasteiger partial charge in [0.25, 0.3) is 0 Å². The van der Waals surface area contributed by atoms with Gasteiger partial charge in [-0.25, -0.2) is 8.42 Å². The molecule has 0 radical (unpaired) electrons. The second kappa shape index (κ2) is 6.98. The molecule has 7 heteroatoms. The fourth-order valence-corrected chi connectivity index (χ4v) is 4.80. The number of hydrogen-bond acceptors (Lipinski definition) is 5. The molecule has 2 heterocycles. The van der Waals surface area contributed by atoms with Gasteiger partial charge >= 0.3 is 0 Å². The molecule has 0 bridgehead atoms. The number of hydrogen-bond donors (Lipinski definition) is 1. The number of pyridine rings is 1. The van der Waals surface area contributed by atoms with E-state index in [1.165, 1.54) is 11.4 Å². The van der Waals surface area contributed by atoms with E-state index >= 15 is 0 Å². The first-order chi connectivity index (χ1) is 12.3. The first-order valence-electron chi connectivity index (χ1n) is 8.56. The number of sulfonamides is 1. The van der Waals surface area contributed by atoms with Crippen LogP contribution in [0.2, 0.25) is 0 Å². The minimum absolute atomic E-state index is 0.157. The molecule has 0 amide bonds. The molecule has 0 aliphatic carbocycles. The summed E-state index contributed by atoms with van der Waals surface area (Å²) in [7, 11) is -2.22. The lowest BCUT2D eigenvalue weighted by Crippen LogP contribution is -2.45. The Labute approximate surface area is 154 Å². The average molecular weight is 376 g/mol. The molecule has 1 aromatic carbocycles. The van der Waals surface area contributed by atoms with Gasteiger partial charge in [-0.15, -0.1) is 0 Å². The van der Waals surface area contributed by atoms with E-state index < -0.39 is 15.6 Å². The number of rotatable bonds is 4. The van der Waals surface area contributed by atoms with E-state index in [4.69, 9.17) is 4.74 Å². The van der Waals surface area contributed by atoms with Crippen molar-refractivity contribution in [3.8, 4) is 5.75 Å². The minimum atomic E-state index is -3.68. The highest BCUT2D eigenvalue weighted by molar-refractivity contribution is 7.89. The van der Waals surface area contributed by atoms with Crippen LogP contribution in [0.5, 0.6) is 5.75 Å². The predicted octanol–water partition coefficient (Wildman–Crippen LogP) is 2.38. The highest BCUT2D eigenvalue weighted by Gasteiger charge is 2.39. The largest absolute Gasteiger partial charge is 0.495 e. The van der Waals surface area contributed by atoms with E-state index in [1.54, 1.807) is 24.4 Å². The maximum Gasteiger partial charge on any atom is 0.246 e. The molecule has 140 valence electrons. The third-order valence-corrected chi connectivity index (χ3v) is 6.81. The van der Waals surface area contributed by atoms with Gasteiger partial charge in [-0.3, -0.25) is 4.98 Å². The molecule has 1 N–H and O–H groups in total. The minimum Gasteiger partial charge on any atom is -0.495 e. The molecule has 1 aromatic heterocycles. The Kier molecular flexibility index (Phi) is 5.05. The zero-order valence-electron chi connectivity index (χ0n) is 15.3. The van der Waals surface area contributed by atoms with Crippen LogP contribution in [0.4, 0.5) is 0 Å². The van der Waals surface area contributed by atoms with E-state index in [0.29, 0.717) is 24.3 Å². The van der Waals surface area contributed by atoms with Crippen LogP contribution in [0.3, 0.4) is 0 Å². The van der Waals surface area contributed by atoms with Crippen LogP contribution < -0.4 is 4.74 Å². The lowest BCUT2D eigenvalue weighted by molar-refractivity contribution is -0.0134. The van der Waals surface area contributed by atoms with Gasteiger partial charge in [-0.05, 0) is 56.0 Å². The molecule has 6 nitrogen and oxygen atoms in total. The molecule has 0 unspecified atom stereocenters. The first-order valence-corrected chi connectivity index (χ1v) is 10.0. The quantitative estimate of drug-likeness (QED) is 0.886. The summed E-state index contributed by atoms with van der Waals surface area (Å²) in [6.07, 6.45) is 2.32. The number of ether oxygens (including phenoxy) is 1. The van der Waals surface area contributed by atoms with Crippen LogP contribution >= 0.6 is 0 Å². The van der Waals surface area contributed by atoms with Crippen molar-refractivity contribution in [2.75, 3.05) is 20.2 Å². The molecular weight excluding hydrogens is 352 g/mol. The molecule has 26 heavy (non-hydrogen) atoms. The Hall–Kier alpha value is -1.96. The van der Waals surface area contributed by atoms with Crippen molar-refractivity contribution in [2.24, 2.45) is 0 Å². The maximum atomic E-state index is 13.0. The van der Waals surface area contributed by atoms with E-state index in [0.717, 1.165) is 11.1 Å². The number of aliphatic hydroxyl groups is 1. The van der Waals surface area contributed by atoms with Crippen molar-refractivity contribution < 1.29 is 18.3 Å². The Balaban J connectivity index is 1.82. The van der Waals surface area contributed by atoms with Crippen molar-refractivity contribution >= 4 is 10.0 Å². The van der Waals surface area contributed by atoms with Crippen molar-refractivity contribution in [1.82, 2.24) is 9.29 Å².